The van der Waals surface area contributed by atoms with Crippen LogP contribution in [0.4, 0.5) is 0 Å². The van der Waals surface area contributed by atoms with Gasteiger partial charge in [0.05, 0.1) is 18.6 Å². The molecule has 1 heterocycles. The molecule has 2 atom stereocenters. The highest BCUT2D eigenvalue weighted by Crippen LogP contribution is 2.11. The summed E-state index contributed by atoms with van der Waals surface area (Å²) in [6, 6.07) is 0. The van der Waals surface area contributed by atoms with Crippen LogP contribution in [0.15, 0.2) is 0 Å². The Bertz CT molecular complexity index is 382. The van der Waals surface area contributed by atoms with Crippen LogP contribution in [-0.4, -0.2) is 56.7 Å². The number of carboxylic acids is 2. The van der Waals surface area contributed by atoms with Crippen LogP contribution in [0.25, 0.3) is 0 Å². The van der Waals surface area contributed by atoms with Gasteiger partial charge in [-0.3, -0.25) is 14.4 Å². The first-order valence-electron chi connectivity index (χ1n) is 7.35. The number of ether oxygens (including phenoxy) is 1. The van der Waals surface area contributed by atoms with Crippen LogP contribution >= 0.6 is 0 Å². The van der Waals surface area contributed by atoms with Gasteiger partial charge >= 0.3 is 19.3 Å². The molecular weight excluding hydrogens is 324 g/mol. The van der Waals surface area contributed by atoms with Gasteiger partial charge in [-0.25, -0.2) is 0 Å². The van der Waals surface area contributed by atoms with Crippen molar-refractivity contribution in [3.05, 3.63) is 0 Å². The average molecular weight is 353 g/mol. The molecule has 0 amide bonds. The maximum Gasteiger partial charge on any atom is 1.00 e. The molecule has 9 heteroatoms. The van der Waals surface area contributed by atoms with E-state index in [2.05, 4.69) is 0 Å². The second-order valence-electron chi connectivity index (χ2n) is 5.22. The van der Waals surface area contributed by atoms with Crippen molar-refractivity contribution in [2.75, 3.05) is 0 Å². The van der Waals surface area contributed by atoms with Crippen molar-refractivity contribution >= 4 is 23.7 Å². The first-order chi connectivity index (χ1) is 10.5. The lowest BCUT2D eigenvalue weighted by atomic mass is 10.2. The third-order valence-electron chi connectivity index (χ3n) is 2.55. The number of carbonyl (C=O) groups is 4. The van der Waals surface area contributed by atoms with Crippen LogP contribution in [0.1, 0.15) is 60.7 Å². The van der Waals surface area contributed by atoms with E-state index in [0.717, 1.165) is 6.42 Å². The number of Topliss-reactive ketones (excluding diaryl/α,β-unsaturated/α-hetero) is 1. The van der Waals surface area contributed by atoms with Crippen molar-refractivity contribution < 1.29 is 46.1 Å². The summed E-state index contributed by atoms with van der Waals surface area (Å²) in [5.74, 6) is -1.90. The van der Waals surface area contributed by atoms with E-state index in [1.807, 2.05) is 6.92 Å². The highest BCUT2D eigenvalue weighted by Gasteiger charge is 2.17. The van der Waals surface area contributed by atoms with Crippen molar-refractivity contribution in [3.63, 3.8) is 0 Å². The lowest BCUT2D eigenvalue weighted by Gasteiger charge is -1.97. The molecule has 24 heavy (non-hydrogen) atoms. The number of hydrogen-bond donors (Lipinski definition) is 3. The highest BCUT2D eigenvalue weighted by atomic mass is 16.5. The van der Waals surface area contributed by atoms with Gasteiger partial charge in [0, 0.05) is 19.3 Å². The van der Waals surface area contributed by atoms with Crippen molar-refractivity contribution in [1.82, 2.24) is 0 Å². The van der Waals surface area contributed by atoms with E-state index in [4.69, 9.17) is 20.1 Å². The number of hydrogen-bond acceptors (Lipinski definition) is 6. The fourth-order valence-electron chi connectivity index (χ4n) is 1.28. The maximum absolute atomic E-state index is 10.2. The third-order valence-corrected chi connectivity index (χ3v) is 2.55. The molecular formula is C15H29O9+. The molecule has 0 aromatic carbocycles. The molecule has 142 valence electrons. The molecule has 2 unspecified atom stereocenters. The first-order valence-corrected chi connectivity index (χ1v) is 7.35. The molecule has 0 spiro atoms. The molecule has 1 rings (SSSR count). The number of carbonyl (C=O) groups excluding carboxylic acids is 2. The van der Waals surface area contributed by atoms with Crippen LogP contribution in [0.2, 0.25) is 0 Å². The summed E-state index contributed by atoms with van der Waals surface area (Å²) in [6.07, 6.45) is 1.69. The summed E-state index contributed by atoms with van der Waals surface area (Å²) < 4.78 is 4.72. The topological polar surface area (TPSA) is 170 Å². The van der Waals surface area contributed by atoms with E-state index < -0.39 is 18.0 Å². The van der Waals surface area contributed by atoms with Gasteiger partial charge in [0.25, 0.3) is 0 Å². The minimum atomic E-state index is -0.916. The van der Waals surface area contributed by atoms with Crippen molar-refractivity contribution in [3.8, 4) is 0 Å². The number of rotatable bonds is 6. The smallest absolute Gasteiger partial charge is 0.481 e. The molecule has 1 aliphatic heterocycles. The molecule has 0 aliphatic carbocycles. The van der Waals surface area contributed by atoms with Gasteiger partial charge in [-0.1, -0.05) is 0 Å². The SMILES string of the molecule is CC(=O)CCC(=O)O.CC(O)CCC(=O)O.CC1CCC(=O)O1.O.[H+]. The molecule has 1 aliphatic rings. The predicted octanol–water partition coefficient (Wildman–Crippen LogP) is 0.672. The Kier molecular flexibility index (Phi) is 17.8. The Labute approximate surface area is 142 Å². The van der Waals surface area contributed by atoms with E-state index in [-0.39, 0.29) is 44.0 Å². The van der Waals surface area contributed by atoms with E-state index in [1.54, 1.807) is 6.92 Å². The van der Waals surface area contributed by atoms with Gasteiger partial charge in [-0.15, -0.1) is 0 Å². The second kappa shape index (κ2) is 15.9. The second-order valence-corrected chi connectivity index (χ2v) is 5.22. The van der Waals surface area contributed by atoms with Gasteiger partial charge in [-0.05, 0) is 33.6 Å². The van der Waals surface area contributed by atoms with E-state index in [0.29, 0.717) is 12.8 Å². The third kappa shape index (κ3) is 25.0. The summed E-state index contributed by atoms with van der Waals surface area (Å²) in [6.45, 7) is 4.86. The van der Waals surface area contributed by atoms with Gasteiger partial charge in [0.1, 0.15) is 5.78 Å². The molecule has 0 bridgehead atoms. The van der Waals surface area contributed by atoms with Crippen molar-refractivity contribution in [2.24, 2.45) is 0 Å². The minimum absolute atomic E-state index is 0. The van der Waals surface area contributed by atoms with E-state index >= 15 is 0 Å². The molecule has 1 fully saturated rings. The molecule has 0 saturated carbocycles. The maximum atomic E-state index is 10.2. The zero-order valence-electron chi connectivity index (χ0n) is 15.3. The van der Waals surface area contributed by atoms with Gasteiger partial charge in [-0.2, -0.15) is 0 Å². The van der Waals surface area contributed by atoms with Gasteiger partial charge in [0.15, 0.2) is 0 Å². The van der Waals surface area contributed by atoms with Crippen LogP contribution in [-0.2, 0) is 23.9 Å². The first kappa shape index (κ1) is 26.9. The molecule has 5 N–H and O–H groups in total. The summed E-state index contributed by atoms with van der Waals surface area (Å²) >= 11 is 0. The van der Waals surface area contributed by atoms with E-state index in [1.165, 1.54) is 6.92 Å². The fraction of sp³-hybridized carbons (Fsp3) is 0.733. The summed E-state index contributed by atoms with van der Waals surface area (Å²) in [4.78, 5) is 39.9. The Morgan fingerprint density at radius 2 is 1.71 bits per heavy atom. The number of carboxylic acid groups (broad SMARTS) is 2. The number of aliphatic hydroxyl groups is 1. The summed E-state index contributed by atoms with van der Waals surface area (Å²) in [5, 5.41) is 24.6. The predicted molar refractivity (Wildman–Crippen MR) is 85.6 cm³/mol. The fourth-order valence-corrected chi connectivity index (χ4v) is 1.28. The van der Waals surface area contributed by atoms with Gasteiger partial charge < -0.3 is 30.3 Å². The number of aliphatic hydroxyl groups excluding tert-OH is 1. The molecule has 0 aromatic heterocycles. The highest BCUT2D eigenvalue weighted by molar-refractivity contribution is 5.80. The number of ketones is 1. The largest absolute Gasteiger partial charge is 1.00 e. The number of aliphatic carboxylic acids is 2. The van der Waals surface area contributed by atoms with Crippen molar-refractivity contribution in [1.29, 1.82) is 0 Å². The molecule has 0 aromatic rings. The lowest BCUT2D eigenvalue weighted by Crippen LogP contribution is -2.03. The van der Waals surface area contributed by atoms with Crippen LogP contribution in [0, 0.1) is 0 Å². The zero-order chi connectivity index (χ0) is 18.4. The van der Waals surface area contributed by atoms with Crippen LogP contribution in [0.5, 0.6) is 0 Å². The standard InChI is InChI=1S/C5H10O3.C5H8O3.C5H8O2.H2O/c2*1-4(6)2-3-5(7)8;1-4-2-3-5(6)7-4;/h4,6H,2-3H2,1H3,(H,7,8);2-3H2,1H3,(H,7,8);4H,2-3H2,1H3;1H2/p+1. The Hall–Kier alpha value is -2.00. The zero-order valence-corrected chi connectivity index (χ0v) is 14.3. The Balaban J connectivity index is -0.000000127. The quantitative estimate of drug-likeness (QED) is 0.585. The number of esters is 1. The molecule has 0 radical (unpaired) electrons. The summed E-state index contributed by atoms with van der Waals surface area (Å²) in [5.41, 5.74) is 0. The Morgan fingerprint density at radius 3 is 1.83 bits per heavy atom. The van der Waals surface area contributed by atoms with Gasteiger partial charge in [0.2, 0.25) is 0 Å². The normalized spacial score (nSPS) is 16.2. The lowest BCUT2D eigenvalue weighted by molar-refractivity contribution is -0.141. The molecule has 1 saturated heterocycles. The van der Waals surface area contributed by atoms with E-state index in [9.17, 15) is 19.2 Å². The molecule has 9 nitrogen and oxygen atoms in total. The average Bonchev–Trinajstić information content (AvgIpc) is 2.79. The van der Waals surface area contributed by atoms with Crippen molar-refractivity contribution in [2.45, 2.75) is 71.5 Å². The summed E-state index contributed by atoms with van der Waals surface area (Å²) in [7, 11) is 0. The number of cyclic esters (lactones) is 1. The monoisotopic (exact) mass is 353 g/mol. The minimum Gasteiger partial charge on any atom is -0.481 e. The van der Waals surface area contributed by atoms with Crippen LogP contribution < -0.4 is 0 Å². The van der Waals surface area contributed by atoms with Crippen LogP contribution in [0.3, 0.4) is 0 Å². The Morgan fingerprint density at radius 1 is 1.21 bits per heavy atom.